The molecule has 0 spiro atoms. The van der Waals surface area contributed by atoms with Gasteiger partial charge in [-0.15, -0.1) is 0 Å². The third kappa shape index (κ3) is 2.99. The first-order chi connectivity index (χ1) is 9.44. The van der Waals surface area contributed by atoms with Crippen LogP contribution in [0.3, 0.4) is 0 Å². The van der Waals surface area contributed by atoms with Gasteiger partial charge in [0.15, 0.2) is 0 Å². The lowest BCUT2D eigenvalue weighted by Gasteiger charge is -2.28. The summed E-state index contributed by atoms with van der Waals surface area (Å²) in [4.78, 5) is 14.0. The van der Waals surface area contributed by atoms with Crippen LogP contribution in [0.1, 0.15) is 25.8 Å². The summed E-state index contributed by atoms with van der Waals surface area (Å²) in [6.07, 6.45) is 0.633. The van der Waals surface area contributed by atoms with Crippen molar-refractivity contribution in [3.8, 4) is 0 Å². The van der Waals surface area contributed by atoms with Crippen molar-refractivity contribution < 1.29 is 4.79 Å². The van der Waals surface area contributed by atoms with Gasteiger partial charge in [-0.3, -0.25) is 4.79 Å². The molecule has 1 amide bonds. The SMILES string of the molecule is CCC(C)(N)C(=O)N(C)Cc1ccc2ccccc2c1. The maximum atomic E-state index is 12.3. The minimum Gasteiger partial charge on any atom is -0.340 e. The van der Waals surface area contributed by atoms with Gasteiger partial charge in [0.2, 0.25) is 5.91 Å². The lowest BCUT2D eigenvalue weighted by Crippen LogP contribution is -2.51. The molecule has 20 heavy (non-hydrogen) atoms. The molecule has 0 aliphatic carbocycles. The van der Waals surface area contributed by atoms with Crippen LogP contribution in [-0.4, -0.2) is 23.4 Å². The number of hydrogen-bond donors (Lipinski definition) is 1. The number of hydrogen-bond acceptors (Lipinski definition) is 2. The van der Waals surface area contributed by atoms with Crippen LogP contribution in [-0.2, 0) is 11.3 Å². The summed E-state index contributed by atoms with van der Waals surface area (Å²) in [6, 6.07) is 14.5. The molecule has 0 radical (unpaired) electrons. The number of carbonyl (C=O) groups excluding carboxylic acids is 1. The Morgan fingerprint density at radius 1 is 1.20 bits per heavy atom. The molecule has 1 unspecified atom stereocenters. The van der Waals surface area contributed by atoms with Crippen LogP contribution in [0.2, 0.25) is 0 Å². The molecule has 2 aromatic carbocycles. The van der Waals surface area contributed by atoms with Crippen LogP contribution in [0.25, 0.3) is 10.8 Å². The first-order valence-electron chi connectivity index (χ1n) is 6.96. The van der Waals surface area contributed by atoms with Crippen molar-refractivity contribution in [2.45, 2.75) is 32.4 Å². The summed E-state index contributed by atoms with van der Waals surface area (Å²) in [5.74, 6) is -0.0202. The van der Waals surface area contributed by atoms with Crippen molar-refractivity contribution in [3.05, 3.63) is 48.0 Å². The summed E-state index contributed by atoms with van der Waals surface area (Å²) in [6.45, 7) is 4.30. The Hall–Kier alpha value is -1.87. The van der Waals surface area contributed by atoms with Gasteiger partial charge in [0.05, 0.1) is 5.54 Å². The molecule has 0 heterocycles. The number of benzene rings is 2. The number of fused-ring (bicyclic) bond motifs is 1. The van der Waals surface area contributed by atoms with Gasteiger partial charge >= 0.3 is 0 Å². The van der Waals surface area contributed by atoms with Crippen LogP contribution in [0, 0.1) is 0 Å². The summed E-state index contributed by atoms with van der Waals surface area (Å²) in [5, 5.41) is 2.40. The van der Waals surface area contributed by atoms with Gasteiger partial charge in [-0.1, -0.05) is 43.3 Å². The zero-order chi connectivity index (χ0) is 14.8. The van der Waals surface area contributed by atoms with Crippen molar-refractivity contribution in [3.63, 3.8) is 0 Å². The van der Waals surface area contributed by atoms with E-state index in [0.29, 0.717) is 13.0 Å². The van der Waals surface area contributed by atoms with Crippen LogP contribution in [0.5, 0.6) is 0 Å². The highest BCUT2D eigenvalue weighted by atomic mass is 16.2. The molecule has 0 aromatic heterocycles. The normalized spacial score (nSPS) is 14.0. The highest BCUT2D eigenvalue weighted by Gasteiger charge is 2.28. The average Bonchev–Trinajstić information content (AvgIpc) is 2.46. The number of nitrogens with two attached hydrogens (primary N) is 1. The predicted octanol–water partition coefficient (Wildman–Crippen LogP) is 2.93. The number of amides is 1. The van der Waals surface area contributed by atoms with E-state index in [2.05, 4.69) is 30.3 Å². The lowest BCUT2D eigenvalue weighted by molar-refractivity contribution is -0.135. The van der Waals surface area contributed by atoms with E-state index in [9.17, 15) is 4.79 Å². The standard InChI is InChI=1S/C17H22N2O/c1-4-17(2,18)16(20)19(3)12-13-9-10-14-7-5-6-8-15(14)11-13/h5-11H,4,12,18H2,1-3H3. The summed E-state index contributed by atoms with van der Waals surface area (Å²) >= 11 is 0. The molecule has 0 saturated carbocycles. The van der Waals surface area contributed by atoms with Crippen molar-refractivity contribution in [1.29, 1.82) is 0 Å². The Kier molecular flexibility index (Phi) is 4.09. The highest BCUT2D eigenvalue weighted by molar-refractivity contribution is 5.86. The molecule has 2 N–H and O–H groups in total. The Morgan fingerprint density at radius 3 is 2.50 bits per heavy atom. The first-order valence-corrected chi connectivity index (χ1v) is 6.96. The van der Waals surface area contributed by atoms with E-state index in [1.165, 1.54) is 10.8 Å². The largest absolute Gasteiger partial charge is 0.340 e. The zero-order valence-electron chi connectivity index (χ0n) is 12.4. The molecule has 106 valence electrons. The second kappa shape index (κ2) is 5.63. The van der Waals surface area contributed by atoms with Crippen molar-refractivity contribution in [1.82, 2.24) is 4.90 Å². The number of carbonyl (C=O) groups is 1. The average molecular weight is 270 g/mol. The third-order valence-corrected chi connectivity index (χ3v) is 3.80. The van der Waals surface area contributed by atoms with Gasteiger partial charge in [0.25, 0.3) is 0 Å². The molecular weight excluding hydrogens is 248 g/mol. The predicted molar refractivity (Wildman–Crippen MR) is 83.3 cm³/mol. The van der Waals surface area contributed by atoms with Crippen LogP contribution >= 0.6 is 0 Å². The summed E-state index contributed by atoms with van der Waals surface area (Å²) < 4.78 is 0. The topological polar surface area (TPSA) is 46.3 Å². The first kappa shape index (κ1) is 14.5. The Morgan fingerprint density at radius 2 is 1.85 bits per heavy atom. The third-order valence-electron chi connectivity index (χ3n) is 3.80. The minimum atomic E-state index is -0.786. The van der Waals surface area contributed by atoms with Gasteiger partial charge in [-0.05, 0) is 35.7 Å². The Balaban J connectivity index is 2.17. The second-order valence-electron chi connectivity index (χ2n) is 5.61. The van der Waals surface area contributed by atoms with Gasteiger partial charge in [-0.2, -0.15) is 0 Å². The molecule has 0 bridgehead atoms. The fourth-order valence-electron chi connectivity index (χ4n) is 2.27. The van der Waals surface area contributed by atoms with E-state index in [1.54, 1.807) is 18.9 Å². The van der Waals surface area contributed by atoms with Crippen LogP contribution < -0.4 is 5.73 Å². The van der Waals surface area contributed by atoms with Gasteiger partial charge in [0, 0.05) is 13.6 Å². The van der Waals surface area contributed by atoms with Crippen molar-refractivity contribution in [2.24, 2.45) is 5.73 Å². The van der Waals surface area contributed by atoms with Crippen LogP contribution in [0.15, 0.2) is 42.5 Å². The maximum Gasteiger partial charge on any atom is 0.242 e. The van der Waals surface area contributed by atoms with Crippen LogP contribution in [0.4, 0.5) is 0 Å². The van der Waals surface area contributed by atoms with Crippen molar-refractivity contribution in [2.75, 3.05) is 7.05 Å². The lowest BCUT2D eigenvalue weighted by atomic mass is 9.98. The Bertz CT molecular complexity index is 619. The van der Waals surface area contributed by atoms with E-state index < -0.39 is 5.54 Å². The molecule has 0 aliphatic heterocycles. The molecule has 1 atom stereocenters. The van der Waals surface area contributed by atoms with Gasteiger partial charge in [-0.25, -0.2) is 0 Å². The second-order valence-corrected chi connectivity index (χ2v) is 5.61. The molecule has 3 nitrogen and oxygen atoms in total. The summed E-state index contributed by atoms with van der Waals surface area (Å²) in [7, 11) is 1.80. The van der Waals surface area contributed by atoms with Crippen molar-refractivity contribution >= 4 is 16.7 Å². The van der Waals surface area contributed by atoms with E-state index in [4.69, 9.17) is 5.73 Å². The molecule has 3 heteroatoms. The molecule has 0 saturated heterocycles. The number of rotatable bonds is 4. The number of likely N-dealkylation sites (N-methyl/N-ethyl adjacent to an activating group) is 1. The minimum absolute atomic E-state index is 0.0202. The number of nitrogens with zero attached hydrogens (tertiary/aromatic N) is 1. The highest BCUT2D eigenvalue weighted by Crippen LogP contribution is 2.18. The van der Waals surface area contributed by atoms with E-state index in [-0.39, 0.29) is 5.91 Å². The molecule has 2 rings (SSSR count). The van der Waals surface area contributed by atoms with Gasteiger partial charge in [0.1, 0.15) is 0 Å². The fraction of sp³-hybridized carbons (Fsp3) is 0.353. The molecule has 2 aromatic rings. The maximum absolute atomic E-state index is 12.3. The smallest absolute Gasteiger partial charge is 0.242 e. The van der Waals surface area contributed by atoms with E-state index >= 15 is 0 Å². The quantitative estimate of drug-likeness (QED) is 0.928. The molecular formula is C17H22N2O. The van der Waals surface area contributed by atoms with E-state index in [0.717, 1.165) is 5.56 Å². The summed E-state index contributed by atoms with van der Waals surface area (Å²) in [5.41, 5.74) is 6.34. The van der Waals surface area contributed by atoms with Gasteiger partial charge < -0.3 is 10.6 Å². The fourth-order valence-corrected chi connectivity index (χ4v) is 2.27. The van der Waals surface area contributed by atoms with E-state index in [1.807, 2.05) is 19.1 Å². The molecule has 0 fully saturated rings. The Labute approximate surface area is 120 Å². The monoisotopic (exact) mass is 270 g/mol. The zero-order valence-corrected chi connectivity index (χ0v) is 12.4. The molecule has 0 aliphatic rings.